The first kappa shape index (κ1) is 22.1. The number of hydrogen-bond acceptors (Lipinski definition) is 6. The number of nitrogens with one attached hydrogen (secondary N) is 1. The Morgan fingerprint density at radius 3 is 2.33 bits per heavy atom. The second kappa shape index (κ2) is 9.04. The summed E-state index contributed by atoms with van der Waals surface area (Å²) in [6.45, 7) is 0.336. The van der Waals surface area contributed by atoms with E-state index in [-0.39, 0.29) is 29.9 Å². The van der Waals surface area contributed by atoms with Crippen molar-refractivity contribution in [3.63, 3.8) is 0 Å². The molecule has 0 spiro atoms. The number of aliphatic hydroxyl groups excluding tert-OH is 1. The summed E-state index contributed by atoms with van der Waals surface area (Å²) in [5.74, 6) is 1.62. The van der Waals surface area contributed by atoms with Crippen LogP contribution in [0.15, 0.2) is 36.5 Å². The first-order chi connectivity index (χ1) is 14.0. The van der Waals surface area contributed by atoms with Crippen LogP contribution in [0.3, 0.4) is 0 Å². The van der Waals surface area contributed by atoms with Crippen molar-refractivity contribution in [2.75, 3.05) is 20.8 Å². The first-order valence-electron chi connectivity index (χ1n) is 9.65. The van der Waals surface area contributed by atoms with Gasteiger partial charge < -0.3 is 25.0 Å². The van der Waals surface area contributed by atoms with E-state index in [1.807, 2.05) is 12.1 Å². The molecule has 4 rings (SSSR count). The molecule has 2 aromatic carbocycles. The number of rotatable bonds is 6. The second-order valence-electron chi connectivity index (χ2n) is 7.37. The zero-order valence-electron chi connectivity index (χ0n) is 16.9. The molecule has 0 saturated heterocycles. The Morgan fingerprint density at radius 1 is 1.10 bits per heavy atom. The fraction of sp³-hybridized carbons (Fsp3) is 0.364. The van der Waals surface area contributed by atoms with Crippen LogP contribution in [0.1, 0.15) is 28.4 Å². The monoisotopic (exact) mass is 433 g/mol. The summed E-state index contributed by atoms with van der Waals surface area (Å²) in [4.78, 5) is 12.0. The number of aliphatic hydroxyl groups is 1. The molecule has 8 heteroatoms. The van der Waals surface area contributed by atoms with Crippen molar-refractivity contribution < 1.29 is 24.4 Å². The third-order valence-corrected chi connectivity index (χ3v) is 5.73. The molecule has 1 aliphatic carbocycles. The lowest BCUT2D eigenvalue weighted by Gasteiger charge is -2.19. The number of fused-ring (bicyclic) bond motifs is 2. The number of nitrogens with zero attached hydrogens (tertiary/aromatic N) is 1. The number of methoxy groups -OCH3 is 2. The lowest BCUT2D eigenvalue weighted by molar-refractivity contribution is -0.388. The quantitative estimate of drug-likeness (QED) is 0.606. The van der Waals surface area contributed by atoms with Gasteiger partial charge in [-0.3, -0.25) is 0 Å². The van der Waals surface area contributed by atoms with Crippen molar-refractivity contribution in [1.82, 2.24) is 5.32 Å². The van der Waals surface area contributed by atoms with Crippen molar-refractivity contribution >= 4 is 18.1 Å². The van der Waals surface area contributed by atoms with E-state index in [1.165, 1.54) is 12.3 Å². The SMILES string of the molecule is COc1ccc(OC)c2c1CC(NC[C@H](O)c1ccc(O)c3c1CC=C[N+]3=O)C2.Cl. The molecule has 0 saturated carbocycles. The fourth-order valence-electron chi connectivity index (χ4n) is 4.33. The summed E-state index contributed by atoms with van der Waals surface area (Å²) in [7, 11) is 3.32. The van der Waals surface area contributed by atoms with E-state index >= 15 is 0 Å². The molecule has 1 atom stereocenters. The van der Waals surface area contributed by atoms with E-state index in [2.05, 4.69) is 5.32 Å². The predicted octanol–water partition coefficient (Wildman–Crippen LogP) is 3.10. The van der Waals surface area contributed by atoms with Crippen LogP contribution < -0.4 is 14.8 Å². The fourth-order valence-corrected chi connectivity index (χ4v) is 4.33. The van der Waals surface area contributed by atoms with E-state index < -0.39 is 6.10 Å². The van der Waals surface area contributed by atoms with Crippen LogP contribution in [0.4, 0.5) is 5.69 Å². The van der Waals surface area contributed by atoms with Gasteiger partial charge >= 0.3 is 5.69 Å². The van der Waals surface area contributed by atoms with Gasteiger partial charge in [-0.15, -0.1) is 12.4 Å². The predicted molar refractivity (Wildman–Crippen MR) is 115 cm³/mol. The van der Waals surface area contributed by atoms with Crippen LogP contribution in [0.5, 0.6) is 17.2 Å². The van der Waals surface area contributed by atoms with Crippen molar-refractivity contribution in [1.29, 1.82) is 0 Å². The Kier molecular flexibility index (Phi) is 6.65. The molecule has 2 aliphatic rings. The highest BCUT2D eigenvalue weighted by molar-refractivity contribution is 5.85. The zero-order valence-corrected chi connectivity index (χ0v) is 17.7. The minimum Gasteiger partial charge on any atom is -0.502 e. The van der Waals surface area contributed by atoms with Crippen LogP contribution in [-0.2, 0) is 19.3 Å². The molecule has 1 aliphatic heterocycles. The molecule has 0 fully saturated rings. The normalized spacial score (nSPS) is 15.9. The number of phenolic OH excluding ortho intramolecular Hbond substituents is 1. The van der Waals surface area contributed by atoms with Gasteiger partial charge in [0, 0.05) is 40.6 Å². The highest BCUT2D eigenvalue weighted by Gasteiger charge is 2.31. The number of nitroso groups, excluding NO2 is 1. The number of halogens is 1. The molecule has 7 nitrogen and oxygen atoms in total. The number of ether oxygens (including phenoxy) is 2. The van der Waals surface area contributed by atoms with Crippen LogP contribution in [0.2, 0.25) is 0 Å². The maximum atomic E-state index is 12.0. The van der Waals surface area contributed by atoms with Gasteiger partial charge in [-0.2, -0.15) is 0 Å². The Balaban J connectivity index is 0.00000256. The number of allylic oxidation sites excluding steroid dienone is 1. The summed E-state index contributed by atoms with van der Waals surface area (Å²) in [6.07, 6.45) is 4.38. The molecular weight excluding hydrogens is 408 g/mol. The minimum absolute atomic E-state index is 0. The molecule has 0 bridgehead atoms. The van der Waals surface area contributed by atoms with Gasteiger partial charge in [0.2, 0.25) is 6.20 Å². The molecule has 0 unspecified atom stereocenters. The second-order valence-corrected chi connectivity index (χ2v) is 7.37. The topological polar surface area (TPSA) is 91.0 Å². The summed E-state index contributed by atoms with van der Waals surface area (Å²) < 4.78 is 11.6. The zero-order chi connectivity index (χ0) is 20.5. The molecular formula is C22H26ClN2O5+. The molecule has 0 aromatic heterocycles. The third kappa shape index (κ3) is 3.88. The van der Waals surface area contributed by atoms with Gasteiger partial charge in [-0.25, -0.2) is 0 Å². The number of hydrogen-bond donors (Lipinski definition) is 3. The lowest BCUT2D eigenvalue weighted by Crippen LogP contribution is -2.33. The van der Waals surface area contributed by atoms with Crippen molar-refractivity contribution in [2.24, 2.45) is 0 Å². The average Bonchev–Trinajstić information content (AvgIpc) is 3.16. The van der Waals surface area contributed by atoms with Gasteiger partial charge in [0.25, 0.3) is 0 Å². The molecule has 2 aromatic rings. The van der Waals surface area contributed by atoms with E-state index in [0.717, 1.165) is 35.5 Å². The Morgan fingerprint density at radius 2 is 1.73 bits per heavy atom. The van der Waals surface area contributed by atoms with Crippen LogP contribution in [-0.4, -0.2) is 41.8 Å². The number of benzene rings is 2. The number of phenols is 1. The maximum absolute atomic E-state index is 12.0. The van der Waals surface area contributed by atoms with Gasteiger partial charge in [0.15, 0.2) is 5.75 Å². The minimum atomic E-state index is -0.795. The molecule has 0 amide bonds. The van der Waals surface area contributed by atoms with E-state index in [4.69, 9.17) is 9.47 Å². The van der Waals surface area contributed by atoms with Crippen LogP contribution >= 0.6 is 12.4 Å². The van der Waals surface area contributed by atoms with Gasteiger partial charge in [-0.1, -0.05) is 6.07 Å². The maximum Gasteiger partial charge on any atom is 0.307 e. The largest absolute Gasteiger partial charge is 0.502 e. The van der Waals surface area contributed by atoms with Gasteiger partial charge in [-0.05, 0) is 42.7 Å². The first-order valence-corrected chi connectivity index (χ1v) is 9.65. The van der Waals surface area contributed by atoms with E-state index in [0.29, 0.717) is 28.9 Å². The smallest absolute Gasteiger partial charge is 0.307 e. The molecule has 30 heavy (non-hydrogen) atoms. The van der Waals surface area contributed by atoms with Crippen molar-refractivity contribution in [3.05, 3.63) is 63.7 Å². The lowest BCUT2D eigenvalue weighted by atomic mass is 9.95. The molecule has 1 heterocycles. The summed E-state index contributed by atoms with van der Waals surface area (Å²) in [5.41, 5.74) is 3.80. The molecule has 3 N–H and O–H groups in total. The number of aromatic hydroxyl groups is 1. The Hall–Kier alpha value is -2.61. The van der Waals surface area contributed by atoms with Gasteiger partial charge in [0.1, 0.15) is 11.5 Å². The standard InChI is InChI=1S/C22H24N2O5.ClH/c1-28-20-7-8-21(29-2)17-11-13(10-16(17)20)23-12-19(26)14-5-6-18(25)22-15(14)4-3-9-24(22)27;/h3,5-9,13,19,23,26H,4,10-12H2,1-2H3;1H/p+1/t19-;/m0./s1. The summed E-state index contributed by atoms with van der Waals surface area (Å²) in [6, 6.07) is 7.12. The highest BCUT2D eigenvalue weighted by atomic mass is 35.5. The average molecular weight is 434 g/mol. The molecule has 160 valence electrons. The van der Waals surface area contributed by atoms with E-state index in [1.54, 1.807) is 26.4 Å². The Bertz CT molecular complexity index is 959. The van der Waals surface area contributed by atoms with Crippen LogP contribution in [0.25, 0.3) is 0 Å². The van der Waals surface area contributed by atoms with Gasteiger partial charge in [0.05, 0.1) is 25.1 Å². The summed E-state index contributed by atoms with van der Waals surface area (Å²) in [5, 5.41) is 24.3. The molecule has 0 radical (unpaired) electrons. The van der Waals surface area contributed by atoms with Crippen molar-refractivity contribution in [3.8, 4) is 17.2 Å². The van der Waals surface area contributed by atoms with Crippen LogP contribution in [0, 0.1) is 4.91 Å². The summed E-state index contributed by atoms with van der Waals surface area (Å²) >= 11 is 0. The van der Waals surface area contributed by atoms with E-state index in [9.17, 15) is 15.1 Å². The highest BCUT2D eigenvalue weighted by Crippen LogP contribution is 2.39. The third-order valence-electron chi connectivity index (χ3n) is 5.73. The Labute approximate surface area is 181 Å². The van der Waals surface area contributed by atoms with Crippen molar-refractivity contribution in [2.45, 2.75) is 31.4 Å².